The Labute approximate surface area is 89.9 Å². The Morgan fingerprint density at radius 3 is 2.60 bits per heavy atom. The summed E-state index contributed by atoms with van der Waals surface area (Å²) in [5.41, 5.74) is 0.911. The Balaban J connectivity index is 2.89. The summed E-state index contributed by atoms with van der Waals surface area (Å²) in [6, 6.07) is 7.54. The SMILES string of the molecule is C=Cc1ccccc1O/C(C)=C/C(C)=O. The van der Waals surface area contributed by atoms with E-state index in [0.29, 0.717) is 11.5 Å². The lowest BCUT2D eigenvalue weighted by Crippen LogP contribution is -1.95. The highest BCUT2D eigenvalue weighted by Crippen LogP contribution is 2.20. The molecule has 0 N–H and O–H groups in total. The molecule has 0 amide bonds. The number of carbonyl (C=O) groups is 1. The van der Waals surface area contributed by atoms with Crippen LogP contribution in [-0.2, 0) is 4.79 Å². The van der Waals surface area contributed by atoms with E-state index in [2.05, 4.69) is 6.58 Å². The first kappa shape index (κ1) is 11.2. The molecule has 0 spiro atoms. The lowest BCUT2D eigenvalue weighted by Gasteiger charge is -2.08. The minimum absolute atomic E-state index is 0.0245. The first-order chi connectivity index (χ1) is 7.13. The molecule has 1 aromatic rings. The van der Waals surface area contributed by atoms with Crippen molar-refractivity contribution in [2.45, 2.75) is 13.8 Å². The molecule has 0 atom stereocenters. The van der Waals surface area contributed by atoms with Crippen molar-refractivity contribution in [2.75, 3.05) is 0 Å². The molecule has 0 aromatic heterocycles. The Morgan fingerprint density at radius 2 is 2.00 bits per heavy atom. The van der Waals surface area contributed by atoms with Gasteiger partial charge in [-0.2, -0.15) is 0 Å². The molecule has 0 unspecified atom stereocenters. The molecular weight excluding hydrogens is 188 g/mol. The quantitative estimate of drug-likeness (QED) is 0.553. The fraction of sp³-hybridized carbons (Fsp3) is 0.154. The van der Waals surface area contributed by atoms with Crippen LogP contribution in [0.1, 0.15) is 19.4 Å². The van der Waals surface area contributed by atoms with Crippen LogP contribution in [-0.4, -0.2) is 5.78 Å². The summed E-state index contributed by atoms with van der Waals surface area (Å²) in [7, 11) is 0. The van der Waals surface area contributed by atoms with Gasteiger partial charge in [0.25, 0.3) is 0 Å². The molecule has 2 heteroatoms. The van der Waals surface area contributed by atoms with Gasteiger partial charge in [-0.25, -0.2) is 0 Å². The zero-order valence-corrected chi connectivity index (χ0v) is 8.99. The predicted octanol–water partition coefficient (Wildman–Crippen LogP) is 3.20. The van der Waals surface area contributed by atoms with Crippen LogP contribution in [0.4, 0.5) is 0 Å². The second-order valence-electron chi connectivity index (χ2n) is 3.21. The van der Waals surface area contributed by atoms with Gasteiger partial charge in [-0.1, -0.05) is 30.9 Å². The zero-order valence-electron chi connectivity index (χ0n) is 8.99. The Hall–Kier alpha value is -1.83. The lowest BCUT2D eigenvalue weighted by atomic mass is 10.2. The normalized spacial score (nSPS) is 10.9. The van der Waals surface area contributed by atoms with Gasteiger partial charge in [0.15, 0.2) is 5.78 Å². The maximum atomic E-state index is 10.8. The number of ketones is 1. The van der Waals surface area contributed by atoms with Gasteiger partial charge in [0.05, 0.1) is 0 Å². The predicted molar refractivity (Wildman–Crippen MR) is 61.6 cm³/mol. The van der Waals surface area contributed by atoms with Crippen molar-refractivity contribution >= 4 is 11.9 Å². The average Bonchev–Trinajstić information content (AvgIpc) is 2.17. The summed E-state index contributed by atoms with van der Waals surface area (Å²) in [4.78, 5) is 10.8. The van der Waals surface area contributed by atoms with Gasteiger partial charge in [-0.3, -0.25) is 4.79 Å². The first-order valence-electron chi connectivity index (χ1n) is 4.71. The molecule has 0 fully saturated rings. The molecule has 0 aliphatic carbocycles. The maximum absolute atomic E-state index is 10.8. The Morgan fingerprint density at radius 1 is 1.33 bits per heavy atom. The van der Waals surface area contributed by atoms with Gasteiger partial charge in [-0.15, -0.1) is 0 Å². The smallest absolute Gasteiger partial charge is 0.155 e. The second kappa shape index (κ2) is 5.15. The van der Waals surface area contributed by atoms with Crippen molar-refractivity contribution in [1.29, 1.82) is 0 Å². The third-order valence-corrected chi connectivity index (χ3v) is 1.82. The molecule has 0 aliphatic rings. The number of hydrogen-bond donors (Lipinski definition) is 0. The number of hydrogen-bond acceptors (Lipinski definition) is 2. The molecule has 2 nitrogen and oxygen atoms in total. The molecule has 0 heterocycles. The lowest BCUT2D eigenvalue weighted by molar-refractivity contribution is -0.112. The minimum atomic E-state index is -0.0245. The van der Waals surface area contributed by atoms with Crippen LogP contribution in [0.5, 0.6) is 5.75 Å². The Kier molecular flexibility index (Phi) is 3.86. The van der Waals surface area contributed by atoms with E-state index >= 15 is 0 Å². The highest BCUT2D eigenvalue weighted by Gasteiger charge is 2.00. The maximum Gasteiger partial charge on any atom is 0.155 e. The summed E-state index contributed by atoms with van der Waals surface area (Å²) in [5.74, 6) is 1.27. The fourth-order valence-electron chi connectivity index (χ4n) is 1.23. The molecule has 15 heavy (non-hydrogen) atoms. The molecule has 0 saturated carbocycles. The van der Waals surface area contributed by atoms with Crippen LogP contribution in [0.2, 0.25) is 0 Å². The summed E-state index contributed by atoms with van der Waals surface area (Å²) >= 11 is 0. The molecule has 0 saturated heterocycles. The topological polar surface area (TPSA) is 26.3 Å². The average molecular weight is 202 g/mol. The van der Waals surface area contributed by atoms with Crippen molar-refractivity contribution < 1.29 is 9.53 Å². The van der Waals surface area contributed by atoms with E-state index in [4.69, 9.17) is 4.74 Å². The van der Waals surface area contributed by atoms with E-state index in [9.17, 15) is 4.79 Å². The summed E-state index contributed by atoms with van der Waals surface area (Å²) in [5, 5.41) is 0. The third-order valence-electron chi connectivity index (χ3n) is 1.82. The highest BCUT2D eigenvalue weighted by molar-refractivity contribution is 5.87. The number of rotatable bonds is 4. The van der Waals surface area contributed by atoms with Crippen LogP contribution in [0, 0.1) is 0 Å². The second-order valence-corrected chi connectivity index (χ2v) is 3.21. The monoisotopic (exact) mass is 202 g/mol. The molecule has 78 valence electrons. The van der Waals surface area contributed by atoms with Crippen LogP contribution < -0.4 is 4.74 Å². The minimum Gasteiger partial charge on any atom is -0.461 e. The van der Waals surface area contributed by atoms with Gasteiger partial charge < -0.3 is 4.74 Å². The molecule has 0 bridgehead atoms. The van der Waals surface area contributed by atoms with Gasteiger partial charge in [-0.05, 0) is 19.9 Å². The van der Waals surface area contributed by atoms with E-state index in [-0.39, 0.29) is 5.78 Å². The van der Waals surface area contributed by atoms with Gasteiger partial charge in [0.2, 0.25) is 0 Å². The fourth-order valence-corrected chi connectivity index (χ4v) is 1.23. The standard InChI is InChI=1S/C13H14O2/c1-4-12-7-5-6-8-13(12)15-11(3)9-10(2)14/h4-9H,1H2,2-3H3/b11-9+. The van der Waals surface area contributed by atoms with E-state index in [0.717, 1.165) is 5.56 Å². The van der Waals surface area contributed by atoms with Crippen molar-refractivity contribution in [3.63, 3.8) is 0 Å². The summed E-state index contributed by atoms with van der Waals surface area (Å²) < 4.78 is 5.52. The number of allylic oxidation sites excluding steroid dienone is 2. The third kappa shape index (κ3) is 3.43. The van der Waals surface area contributed by atoms with Crippen molar-refractivity contribution in [2.24, 2.45) is 0 Å². The number of ether oxygens (including phenoxy) is 1. The van der Waals surface area contributed by atoms with Crippen LogP contribution >= 0.6 is 0 Å². The van der Waals surface area contributed by atoms with Crippen molar-refractivity contribution in [3.8, 4) is 5.75 Å². The van der Waals surface area contributed by atoms with Crippen LogP contribution in [0.25, 0.3) is 6.08 Å². The summed E-state index contributed by atoms with van der Waals surface area (Å²) in [6.07, 6.45) is 3.18. The van der Waals surface area contributed by atoms with Crippen molar-refractivity contribution in [3.05, 3.63) is 48.2 Å². The molecule has 0 aliphatic heterocycles. The number of benzene rings is 1. The van der Waals surface area contributed by atoms with Gasteiger partial charge >= 0.3 is 0 Å². The van der Waals surface area contributed by atoms with E-state index < -0.39 is 0 Å². The zero-order chi connectivity index (χ0) is 11.3. The van der Waals surface area contributed by atoms with E-state index in [1.54, 1.807) is 13.0 Å². The molecule has 0 radical (unpaired) electrons. The van der Waals surface area contributed by atoms with Crippen LogP contribution in [0.15, 0.2) is 42.7 Å². The van der Waals surface area contributed by atoms with Crippen LogP contribution in [0.3, 0.4) is 0 Å². The van der Waals surface area contributed by atoms with Crippen molar-refractivity contribution in [1.82, 2.24) is 0 Å². The first-order valence-corrected chi connectivity index (χ1v) is 4.71. The summed E-state index contributed by atoms with van der Waals surface area (Å²) in [6.45, 7) is 6.94. The number of carbonyl (C=O) groups excluding carboxylic acids is 1. The van der Waals surface area contributed by atoms with E-state index in [1.807, 2.05) is 24.3 Å². The molecular formula is C13H14O2. The Bertz CT molecular complexity index is 403. The largest absolute Gasteiger partial charge is 0.461 e. The molecule has 1 rings (SSSR count). The van der Waals surface area contributed by atoms with Gasteiger partial charge in [0, 0.05) is 11.6 Å². The van der Waals surface area contributed by atoms with E-state index in [1.165, 1.54) is 13.0 Å². The van der Waals surface area contributed by atoms with Gasteiger partial charge in [0.1, 0.15) is 11.5 Å². The number of para-hydroxylation sites is 1. The molecule has 1 aromatic carbocycles. The highest BCUT2D eigenvalue weighted by atomic mass is 16.5.